The molecule has 4 rings (SSSR count). The van der Waals surface area contributed by atoms with Crippen LogP contribution in [0.5, 0.6) is 0 Å². The van der Waals surface area contributed by atoms with Crippen LogP contribution in [0.1, 0.15) is 105 Å². The van der Waals surface area contributed by atoms with Crippen LogP contribution >= 0.6 is 0 Å². The number of nitrogens with two attached hydrogens (primary N) is 1. The fraction of sp³-hybridized carbons (Fsp3) is 0.722. The number of Topliss-reactive ketones (excluding diaryl/α,β-unsaturated/α-hetero) is 1. The van der Waals surface area contributed by atoms with Gasteiger partial charge in [0.25, 0.3) is 5.71 Å². The van der Waals surface area contributed by atoms with E-state index >= 15 is 0 Å². The highest BCUT2D eigenvalue weighted by atomic mass is 16.5. The SMILES string of the molecule is CCCC(CNC)OC1C=CC(C(C)NCC2=[N+]=C3C=C(C(=C(C)NC4CCCC4)C(C)N)C(=O)CCC(CC)C3=N2)CC1. The summed E-state index contributed by atoms with van der Waals surface area (Å²) >= 11 is 0. The number of carbonyl (C=O) groups excluding carboxylic acids is 1. The van der Waals surface area contributed by atoms with Crippen LogP contribution in [0.3, 0.4) is 0 Å². The van der Waals surface area contributed by atoms with E-state index in [1.54, 1.807) is 0 Å². The van der Waals surface area contributed by atoms with E-state index in [0.29, 0.717) is 36.5 Å². The van der Waals surface area contributed by atoms with Crippen molar-refractivity contribution in [2.75, 3.05) is 20.1 Å². The summed E-state index contributed by atoms with van der Waals surface area (Å²) in [4.78, 5) is 18.7. The van der Waals surface area contributed by atoms with Crippen LogP contribution in [0.15, 0.2) is 40.1 Å². The third-order valence-electron chi connectivity index (χ3n) is 9.86. The van der Waals surface area contributed by atoms with Gasteiger partial charge in [-0.25, -0.2) is 0 Å². The first-order valence-electron chi connectivity index (χ1n) is 17.5. The van der Waals surface area contributed by atoms with Crippen LogP contribution in [-0.4, -0.2) is 73.5 Å². The highest BCUT2D eigenvalue weighted by Crippen LogP contribution is 2.28. The van der Waals surface area contributed by atoms with Gasteiger partial charge in [0.1, 0.15) is 6.54 Å². The van der Waals surface area contributed by atoms with Gasteiger partial charge in [-0.05, 0) is 89.2 Å². The van der Waals surface area contributed by atoms with Crippen LogP contribution in [-0.2, 0) is 9.53 Å². The zero-order chi connectivity index (χ0) is 31.6. The Bertz CT molecular complexity index is 1180. The molecule has 0 aromatic carbocycles. The lowest BCUT2D eigenvalue weighted by Crippen LogP contribution is -2.38. The number of nitrogens with zero attached hydrogens (tertiary/aromatic N) is 2. The first kappa shape index (κ1) is 34.5. The lowest BCUT2D eigenvalue weighted by atomic mass is 9.83. The maximum atomic E-state index is 13.6. The first-order valence-corrected chi connectivity index (χ1v) is 17.5. The van der Waals surface area contributed by atoms with Crippen molar-refractivity contribution in [2.24, 2.45) is 22.6 Å². The fourth-order valence-corrected chi connectivity index (χ4v) is 7.33. The second-order valence-corrected chi connectivity index (χ2v) is 13.4. The summed E-state index contributed by atoms with van der Waals surface area (Å²) in [6.45, 7) is 12.2. The molecule has 3 aliphatic carbocycles. The molecule has 44 heavy (non-hydrogen) atoms. The highest BCUT2D eigenvalue weighted by molar-refractivity contribution is 6.51. The Labute approximate surface area is 266 Å². The van der Waals surface area contributed by atoms with E-state index in [-0.39, 0.29) is 30.0 Å². The second kappa shape index (κ2) is 16.8. The Morgan fingerprint density at radius 1 is 1.14 bits per heavy atom. The monoisotopic (exact) mass is 607 g/mol. The van der Waals surface area contributed by atoms with Gasteiger partial charge in [0, 0.05) is 54.4 Å². The standard InChI is InChI=1S/C36H58N6O2/c1-7-11-30(21-38-6)44-29-17-14-27(15-18-29)24(4)39-22-34-41-32-20-31(33(43)19-16-26(8-2)36(32)42-34)35(23(3)37)25(5)40-28-12-9-10-13-28/h14,17,20,23-24,26-30,38-39H,7-13,15-16,18-19,21-22,37H2,1-6H3/p+1. The first-order chi connectivity index (χ1) is 21.2. The molecule has 8 nitrogen and oxygen atoms in total. The number of nitrogens with one attached hydrogen (secondary N) is 3. The minimum Gasteiger partial charge on any atom is -0.386 e. The van der Waals surface area contributed by atoms with E-state index in [1.807, 2.05) is 20.0 Å². The molecule has 5 N–H and O–H groups in total. The summed E-state index contributed by atoms with van der Waals surface area (Å²) in [5, 5.41) is 10.7. The van der Waals surface area contributed by atoms with Crippen LogP contribution in [0, 0.1) is 11.8 Å². The van der Waals surface area contributed by atoms with Crippen molar-refractivity contribution in [3.05, 3.63) is 35.1 Å². The topological polar surface area (TPSA) is 115 Å². The molecule has 8 heteroatoms. The average Bonchev–Trinajstić information content (AvgIpc) is 3.65. The summed E-state index contributed by atoms with van der Waals surface area (Å²) in [5.41, 5.74) is 11.0. The van der Waals surface area contributed by atoms with Gasteiger partial charge < -0.3 is 26.4 Å². The molecule has 4 aliphatic rings. The van der Waals surface area contributed by atoms with Gasteiger partial charge >= 0.3 is 5.84 Å². The number of allylic oxidation sites excluding steroid dienone is 2. The van der Waals surface area contributed by atoms with Crippen molar-refractivity contribution in [1.82, 2.24) is 20.6 Å². The number of aliphatic imine (C=N–C) groups is 1. The molecule has 0 amide bonds. The normalized spacial score (nSPS) is 26.9. The van der Waals surface area contributed by atoms with Crippen LogP contribution in [0.2, 0.25) is 0 Å². The van der Waals surface area contributed by atoms with Gasteiger partial charge in [-0.15, -0.1) is 0 Å². The van der Waals surface area contributed by atoms with E-state index in [9.17, 15) is 4.79 Å². The molecular formula is C36H59N6O2+. The van der Waals surface area contributed by atoms with Crippen LogP contribution in [0.25, 0.3) is 0 Å². The molecule has 1 heterocycles. The minimum absolute atomic E-state index is 0.156. The van der Waals surface area contributed by atoms with E-state index in [4.69, 9.17) is 20.1 Å². The molecule has 0 spiro atoms. The Kier molecular flexibility index (Phi) is 13.2. The van der Waals surface area contributed by atoms with E-state index in [2.05, 4.69) is 55.8 Å². The van der Waals surface area contributed by atoms with Gasteiger partial charge in [0.15, 0.2) is 5.78 Å². The molecule has 1 aliphatic heterocycles. The number of fused-ring (bicyclic) bond motifs is 1. The van der Waals surface area contributed by atoms with Crippen molar-refractivity contribution in [3.63, 3.8) is 0 Å². The number of ether oxygens (including phenoxy) is 1. The fourth-order valence-electron chi connectivity index (χ4n) is 7.33. The summed E-state index contributed by atoms with van der Waals surface area (Å²) < 4.78 is 11.4. The maximum Gasteiger partial charge on any atom is 0.405 e. The summed E-state index contributed by atoms with van der Waals surface area (Å²) in [6, 6.07) is 0.493. The Hall–Kier alpha value is -2.35. The third kappa shape index (κ3) is 9.11. The van der Waals surface area contributed by atoms with Crippen molar-refractivity contribution >= 4 is 23.0 Å². The smallest absolute Gasteiger partial charge is 0.386 e. The zero-order valence-electron chi connectivity index (χ0n) is 28.3. The molecule has 0 aromatic heterocycles. The molecule has 0 radical (unpaired) electrons. The van der Waals surface area contributed by atoms with E-state index < -0.39 is 0 Å². The van der Waals surface area contributed by atoms with Gasteiger partial charge in [-0.3, -0.25) is 4.79 Å². The number of carbonyl (C=O) groups is 1. The molecule has 0 bridgehead atoms. The Morgan fingerprint density at radius 2 is 1.91 bits per heavy atom. The number of likely N-dealkylation sites (N-methyl/N-ethyl adjacent to an activating group) is 1. The van der Waals surface area contributed by atoms with Gasteiger partial charge in [0.2, 0.25) is 5.71 Å². The molecule has 0 aromatic rings. The predicted molar refractivity (Wildman–Crippen MR) is 184 cm³/mol. The van der Waals surface area contributed by atoms with Crippen molar-refractivity contribution in [2.45, 2.75) is 136 Å². The van der Waals surface area contributed by atoms with Crippen molar-refractivity contribution < 1.29 is 9.53 Å². The largest absolute Gasteiger partial charge is 0.405 e. The van der Waals surface area contributed by atoms with E-state index in [1.165, 1.54) is 25.7 Å². The summed E-state index contributed by atoms with van der Waals surface area (Å²) in [7, 11) is 1.99. The Morgan fingerprint density at radius 3 is 2.55 bits per heavy atom. The van der Waals surface area contributed by atoms with E-state index in [0.717, 1.165) is 73.6 Å². The predicted octanol–water partition coefficient (Wildman–Crippen LogP) is 4.53. The van der Waals surface area contributed by atoms with Gasteiger partial charge in [-0.1, -0.05) is 45.3 Å². The van der Waals surface area contributed by atoms with Gasteiger partial charge in [0.05, 0.1) is 12.2 Å². The molecule has 0 saturated heterocycles. The zero-order valence-corrected chi connectivity index (χ0v) is 28.3. The molecule has 1 fully saturated rings. The third-order valence-corrected chi connectivity index (χ3v) is 9.86. The molecule has 1 saturated carbocycles. The molecule has 244 valence electrons. The molecule has 6 unspecified atom stereocenters. The second-order valence-electron chi connectivity index (χ2n) is 13.4. The number of hydrogen-bond acceptors (Lipinski definition) is 7. The number of ketones is 1. The lowest BCUT2D eigenvalue weighted by molar-refractivity contribution is -0.115. The highest BCUT2D eigenvalue weighted by Gasteiger charge is 2.37. The van der Waals surface area contributed by atoms with Crippen LogP contribution < -0.4 is 26.4 Å². The lowest BCUT2D eigenvalue weighted by Gasteiger charge is -2.30. The number of rotatable bonds is 15. The summed E-state index contributed by atoms with van der Waals surface area (Å²) in [6.07, 6.45) is 18.5. The average molecular weight is 608 g/mol. The maximum absolute atomic E-state index is 13.6. The van der Waals surface area contributed by atoms with Gasteiger partial charge in [-0.2, -0.15) is 4.67 Å². The molecule has 6 atom stereocenters. The van der Waals surface area contributed by atoms with Crippen LogP contribution in [0.4, 0.5) is 0 Å². The Balaban J connectivity index is 1.49. The summed E-state index contributed by atoms with van der Waals surface area (Å²) in [5.74, 6) is 1.63. The number of amidine groups is 1. The van der Waals surface area contributed by atoms with Crippen molar-refractivity contribution in [1.29, 1.82) is 0 Å². The minimum atomic E-state index is -0.261. The quantitative estimate of drug-likeness (QED) is 0.161. The molecular weight excluding hydrogens is 548 g/mol. The van der Waals surface area contributed by atoms with Crippen molar-refractivity contribution in [3.8, 4) is 0 Å². The number of hydrogen-bond donors (Lipinski definition) is 4.